The number of nitrogens with one attached hydrogen (secondary N) is 1. The van der Waals surface area contributed by atoms with Crippen LogP contribution in [-0.2, 0) is 11.3 Å². The molecular weight excluding hydrogens is 226 g/mol. The van der Waals surface area contributed by atoms with Gasteiger partial charge in [0, 0.05) is 23.9 Å². The zero-order valence-electron chi connectivity index (χ0n) is 8.73. The molecule has 6 heteroatoms. The normalized spacial score (nSPS) is 25.0. The Morgan fingerprint density at radius 1 is 1.62 bits per heavy atom. The predicted molar refractivity (Wildman–Crippen MR) is 60.9 cm³/mol. The first kappa shape index (κ1) is 9.92. The first-order valence-electron chi connectivity index (χ1n) is 5.31. The Kier molecular flexibility index (Phi) is 2.26. The van der Waals surface area contributed by atoms with Gasteiger partial charge in [-0.05, 0) is 6.42 Å². The van der Waals surface area contributed by atoms with Crippen LogP contribution >= 0.6 is 11.3 Å². The van der Waals surface area contributed by atoms with Gasteiger partial charge in [0.2, 0.25) is 5.91 Å². The molecule has 0 spiro atoms. The zero-order chi connectivity index (χ0) is 11.1. The number of hydrogen-bond donors (Lipinski definition) is 2. The van der Waals surface area contributed by atoms with Crippen LogP contribution in [0.2, 0.25) is 0 Å². The monoisotopic (exact) mass is 239 g/mol. The maximum Gasteiger partial charge on any atom is 0.220 e. The maximum atomic E-state index is 11.1. The Balaban J connectivity index is 1.69. The van der Waals surface area contributed by atoms with Gasteiger partial charge in [0.15, 0.2) is 5.75 Å². The molecule has 1 aromatic heterocycles. The zero-order valence-corrected chi connectivity index (χ0v) is 9.55. The van der Waals surface area contributed by atoms with Crippen molar-refractivity contribution in [3.05, 3.63) is 10.9 Å². The average Bonchev–Trinajstić information content (AvgIpc) is 2.83. The van der Waals surface area contributed by atoms with Gasteiger partial charge < -0.3 is 15.9 Å². The van der Waals surface area contributed by atoms with Crippen LogP contribution in [0, 0.1) is 0 Å². The van der Waals surface area contributed by atoms with Crippen LogP contribution in [0.15, 0.2) is 5.38 Å². The van der Waals surface area contributed by atoms with Gasteiger partial charge in [-0.2, -0.15) is 0 Å². The second-order valence-corrected chi connectivity index (χ2v) is 5.02. The highest BCUT2D eigenvalue weighted by Crippen LogP contribution is 2.39. The molecule has 3 heterocycles. The van der Waals surface area contributed by atoms with Crippen molar-refractivity contribution in [1.29, 1.82) is 0 Å². The summed E-state index contributed by atoms with van der Waals surface area (Å²) in [7, 11) is 0. The summed E-state index contributed by atoms with van der Waals surface area (Å²) in [6, 6.07) is 0.259. The van der Waals surface area contributed by atoms with Crippen LogP contribution in [0.25, 0.3) is 0 Å². The molecule has 0 radical (unpaired) electrons. The Hall–Kier alpha value is -1.27. The summed E-state index contributed by atoms with van der Waals surface area (Å²) in [4.78, 5) is 16.8. The van der Waals surface area contributed by atoms with Gasteiger partial charge in [-0.15, -0.1) is 16.4 Å². The number of fused-ring (bicyclic) bond motifs is 1. The van der Waals surface area contributed by atoms with Crippen LogP contribution in [-0.4, -0.2) is 23.6 Å². The molecule has 0 unspecified atom stereocenters. The first-order valence-corrected chi connectivity index (χ1v) is 6.19. The van der Waals surface area contributed by atoms with Crippen molar-refractivity contribution in [3.8, 4) is 5.75 Å². The summed E-state index contributed by atoms with van der Waals surface area (Å²) in [6.45, 7) is 1.39. The standard InChI is InChI=1S/C10H13N3O2S/c11-10-7-4-13(15-8(7)5-16-10)6-1-2-9(14)12-3-6/h5-6H,1-4,11H2,(H,12,14)/t6-/m0/s1. The van der Waals surface area contributed by atoms with Crippen molar-refractivity contribution >= 4 is 22.2 Å². The largest absolute Gasteiger partial charge is 0.404 e. The minimum atomic E-state index is 0.129. The number of rotatable bonds is 1. The number of thiophene rings is 1. The summed E-state index contributed by atoms with van der Waals surface area (Å²) >= 11 is 1.51. The Morgan fingerprint density at radius 3 is 3.19 bits per heavy atom. The van der Waals surface area contributed by atoms with Crippen molar-refractivity contribution in [3.63, 3.8) is 0 Å². The summed E-state index contributed by atoms with van der Waals surface area (Å²) < 4.78 is 0. The van der Waals surface area contributed by atoms with Gasteiger partial charge in [-0.3, -0.25) is 4.79 Å². The number of nitrogens with zero attached hydrogens (tertiary/aromatic N) is 1. The lowest BCUT2D eigenvalue weighted by atomic mass is 10.1. The molecular formula is C10H13N3O2S. The van der Waals surface area contributed by atoms with Crippen LogP contribution in [0.3, 0.4) is 0 Å². The summed E-state index contributed by atoms with van der Waals surface area (Å²) in [6.07, 6.45) is 1.42. The van der Waals surface area contributed by atoms with Crippen molar-refractivity contribution in [2.24, 2.45) is 0 Å². The number of anilines is 1. The molecule has 0 bridgehead atoms. The predicted octanol–water partition coefficient (Wildman–Crippen LogP) is 0.718. The number of carbonyl (C=O) groups is 1. The van der Waals surface area contributed by atoms with Crippen LogP contribution in [0.5, 0.6) is 5.75 Å². The van der Waals surface area contributed by atoms with E-state index in [1.54, 1.807) is 0 Å². The highest BCUT2D eigenvalue weighted by Gasteiger charge is 2.32. The number of hydroxylamine groups is 2. The molecule has 0 aliphatic carbocycles. The molecule has 1 amide bonds. The fourth-order valence-corrected chi connectivity index (χ4v) is 2.82. The molecule has 3 N–H and O–H groups in total. The van der Waals surface area contributed by atoms with Crippen LogP contribution < -0.4 is 15.9 Å². The van der Waals surface area contributed by atoms with E-state index in [0.29, 0.717) is 13.0 Å². The van der Waals surface area contributed by atoms with E-state index in [2.05, 4.69) is 5.32 Å². The first-order chi connectivity index (χ1) is 7.74. The van der Waals surface area contributed by atoms with E-state index >= 15 is 0 Å². The summed E-state index contributed by atoms with van der Waals surface area (Å²) in [5, 5.41) is 7.54. The van der Waals surface area contributed by atoms with Crippen molar-refractivity contribution in [2.45, 2.75) is 25.4 Å². The average molecular weight is 239 g/mol. The van der Waals surface area contributed by atoms with Gasteiger partial charge in [0.05, 0.1) is 17.6 Å². The molecule has 2 aliphatic heterocycles. The highest BCUT2D eigenvalue weighted by atomic mass is 32.1. The molecule has 0 aromatic carbocycles. The fraction of sp³-hybridized carbons (Fsp3) is 0.500. The number of carbonyl (C=O) groups excluding carboxylic acids is 1. The Labute approximate surface area is 97.1 Å². The van der Waals surface area contributed by atoms with Gasteiger partial charge in [-0.1, -0.05) is 0 Å². The quantitative estimate of drug-likeness (QED) is 0.757. The molecule has 5 nitrogen and oxygen atoms in total. The molecule has 86 valence electrons. The molecule has 1 fully saturated rings. The second kappa shape index (κ2) is 3.64. The van der Waals surface area contributed by atoms with E-state index in [1.165, 1.54) is 11.3 Å². The Bertz CT molecular complexity index is 422. The van der Waals surface area contributed by atoms with E-state index < -0.39 is 0 Å². The SMILES string of the molecule is Nc1scc2c1CN([C@H]1CCC(=O)NC1)O2. The summed E-state index contributed by atoms with van der Waals surface area (Å²) in [5.74, 6) is 1.00. The van der Waals surface area contributed by atoms with Gasteiger partial charge >= 0.3 is 0 Å². The molecule has 1 aromatic rings. The summed E-state index contributed by atoms with van der Waals surface area (Å²) in [5.41, 5.74) is 6.93. The van der Waals surface area contributed by atoms with E-state index in [0.717, 1.165) is 29.3 Å². The topological polar surface area (TPSA) is 67.6 Å². The number of amides is 1. The van der Waals surface area contributed by atoms with Gasteiger partial charge in [0.1, 0.15) is 0 Å². The third-order valence-electron chi connectivity index (χ3n) is 3.06. The van der Waals surface area contributed by atoms with Crippen molar-refractivity contribution in [2.75, 3.05) is 12.3 Å². The van der Waals surface area contributed by atoms with Crippen molar-refractivity contribution in [1.82, 2.24) is 10.4 Å². The van der Waals surface area contributed by atoms with Crippen molar-refractivity contribution < 1.29 is 9.63 Å². The number of nitrogen functional groups attached to an aromatic ring is 1. The number of nitrogens with two attached hydrogens (primary N) is 1. The molecule has 3 rings (SSSR count). The fourth-order valence-electron chi connectivity index (χ4n) is 2.10. The minimum absolute atomic E-state index is 0.129. The molecule has 1 atom stereocenters. The van der Waals surface area contributed by atoms with Gasteiger partial charge in [-0.25, -0.2) is 0 Å². The third-order valence-corrected chi connectivity index (χ3v) is 3.90. The smallest absolute Gasteiger partial charge is 0.220 e. The molecule has 2 aliphatic rings. The maximum absolute atomic E-state index is 11.1. The van der Waals surface area contributed by atoms with E-state index in [4.69, 9.17) is 10.6 Å². The van der Waals surface area contributed by atoms with Crippen LogP contribution in [0.1, 0.15) is 18.4 Å². The van der Waals surface area contributed by atoms with Gasteiger partial charge in [0.25, 0.3) is 0 Å². The van der Waals surface area contributed by atoms with E-state index in [-0.39, 0.29) is 11.9 Å². The molecule has 1 saturated heterocycles. The third kappa shape index (κ3) is 1.54. The number of hydrogen-bond acceptors (Lipinski definition) is 5. The Morgan fingerprint density at radius 2 is 2.50 bits per heavy atom. The van der Waals surface area contributed by atoms with E-state index in [9.17, 15) is 4.79 Å². The highest BCUT2D eigenvalue weighted by molar-refractivity contribution is 7.14. The van der Waals surface area contributed by atoms with E-state index in [1.807, 2.05) is 10.4 Å². The molecule has 16 heavy (non-hydrogen) atoms. The number of piperidine rings is 1. The lowest BCUT2D eigenvalue weighted by Gasteiger charge is -2.29. The lowest BCUT2D eigenvalue weighted by Crippen LogP contribution is -2.47. The minimum Gasteiger partial charge on any atom is -0.404 e. The molecule has 0 saturated carbocycles. The lowest BCUT2D eigenvalue weighted by molar-refractivity contribution is -0.128. The van der Waals surface area contributed by atoms with Crippen LogP contribution in [0.4, 0.5) is 5.00 Å². The second-order valence-electron chi connectivity index (χ2n) is 4.11.